The smallest absolute Gasteiger partial charge is 0.252 e. The third-order valence-corrected chi connectivity index (χ3v) is 3.95. The minimum atomic E-state index is -0.192. The molecule has 22 heavy (non-hydrogen) atoms. The van der Waals surface area contributed by atoms with E-state index in [1.165, 1.54) is 0 Å². The van der Waals surface area contributed by atoms with Gasteiger partial charge in [-0.3, -0.25) is 4.79 Å². The number of fused-ring (bicyclic) bond motifs is 1. The lowest BCUT2D eigenvalue weighted by Crippen LogP contribution is -2.34. The Morgan fingerprint density at radius 1 is 1.36 bits per heavy atom. The van der Waals surface area contributed by atoms with Crippen LogP contribution in [0.5, 0.6) is 11.5 Å². The first-order valence-electron chi connectivity index (χ1n) is 7.03. The number of halogens is 1. The second-order valence-corrected chi connectivity index (χ2v) is 5.51. The molecule has 114 valence electrons. The molecule has 1 aliphatic heterocycles. The number of rotatable bonds is 4. The zero-order valence-electron chi connectivity index (χ0n) is 12.1. The molecule has 0 radical (unpaired) electrons. The summed E-state index contributed by atoms with van der Waals surface area (Å²) >= 11 is 6.01. The quantitative estimate of drug-likeness (QED) is 0.942. The molecule has 1 heterocycles. The van der Waals surface area contributed by atoms with E-state index in [0.29, 0.717) is 17.1 Å². The Morgan fingerprint density at radius 3 is 2.95 bits per heavy atom. The van der Waals surface area contributed by atoms with Crippen LogP contribution in [0.25, 0.3) is 0 Å². The highest BCUT2D eigenvalue weighted by Gasteiger charge is 2.24. The van der Waals surface area contributed by atoms with Crippen LogP contribution in [-0.2, 0) is 6.42 Å². The third-order valence-electron chi connectivity index (χ3n) is 3.62. The summed E-state index contributed by atoms with van der Waals surface area (Å²) in [4.78, 5) is 12.1. The van der Waals surface area contributed by atoms with E-state index in [4.69, 9.17) is 21.1 Å². The number of hydrogen-bond acceptors (Lipinski definition) is 3. The highest BCUT2D eigenvalue weighted by atomic mass is 35.5. The molecule has 0 spiro atoms. The van der Waals surface area contributed by atoms with Crippen LogP contribution in [0.1, 0.15) is 15.9 Å². The number of amides is 1. The van der Waals surface area contributed by atoms with Crippen molar-refractivity contribution in [2.45, 2.75) is 12.5 Å². The molecule has 1 aliphatic rings. The van der Waals surface area contributed by atoms with E-state index in [1.54, 1.807) is 31.4 Å². The number of ether oxygens (including phenoxy) is 2. The van der Waals surface area contributed by atoms with Crippen LogP contribution in [0, 0.1) is 0 Å². The molecular formula is C17H16ClNO3. The van der Waals surface area contributed by atoms with Crippen molar-refractivity contribution in [3.63, 3.8) is 0 Å². The summed E-state index contributed by atoms with van der Waals surface area (Å²) in [5.74, 6) is 1.46. The van der Waals surface area contributed by atoms with Gasteiger partial charge >= 0.3 is 0 Å². The van der Waals surface area contributed by atoms with Crippen molar-refractivity contribution in [2.75, 3.05) is 13.7 Å². The van der Waals surface area contributed by atoms with Gasteiger partial charge in [-0.25, -0.2) is 0 Å². The van der Waals surface area contributed by atoms with E-state index < -0.39 is 0 Å². The molecule has 0 saturated carbocycles. The Labute approximate surface area is 134 Å². The van der Waals surface area contributed by atoms with Crippen LogP contribution in [0.15, 0.2) is 42.5 Å². The van der Waals surface area contributed by atoms with Crippen molar-refractivity contribution in [3.05, 3.63) is 58.6 Å². The van der Waals surface area contributed by atoms with Gasteiger partial charge in [0, 0.05) is 12.0 Å². The fourth-order valence-corrected chi connectivity index (χ4v) is 2.71. The second kappa shape index (κ2) is 6.28. The summed E-state index contributed by atoms with van der Waals surface area (Å²) in [5, 5.41) is 3.31. The van der Waals surface area contributed by atoms with Crippen molar-refractivity contribution < 1.29 is 14.3 Å². The van der Waals surface area contributed by atoms with Gasteiger partial charge in [0.1, 0.15) is 17.6 Å². The molecule has 0 bridgehead atoms. The average Bonchev–Trinajstić information content (AvgIpc) is 2.94. The molecule has 1 amide bonds. The first-order valence-corrected chi connectivity index (χ1v) is 7.41. The maximum atomic E-state index is 12.1. The number of benzene rings is 2. The molecule has 0 fully saturated rings. The second-order valence-electron chi connectivity index (χ2n) is 5.11. The lowest BCUT2D eigenvalue weighted by Gasteiger charge is -2.12. The van der Waals surface area contributed by atoms with Gasteiger partial charge in [0.15, 0.2) is 0 Å². The standard InChI is InChI=1S/C17H16ClNO3/c1-21-12-6-7-16-11(8-12)9-13(22-16)10-19-17(20)14-4-2-3-5-15(14)18/h2-8,13H,9-10H2,1H3,(H,19,20). The van der Waals surface area contributed by atoms with Crippen molar-refractivity contribution in [2.24, 2.45) is 0 Å². The van der Waals surface area contributed by atoms with Crippen molar-refractivity contribution >= 4 is 17.5 Å². The van der Waals surface area contributed by atoms with E-state index >= 15 is 0 Å². The van der Waals surface area contributed by atoms with Gasteiger partial charge in [-0.15, -0.1) is 0 Å². The topological polar surface area (TPSA) is 47.6 Å². The van der Waals surface area contributed by atoms with E-state index in [1.807, 2.05) is 18.2 Å². The van der Waals surface area contributed by atoms with Crippen molar-refractivity contribution in [1.82, 2.24) is 5.32 Å². The Balaban J connectivity index is 1.60. The summed E-state index contributed by atoms with van der Waals surface area (Å²) < 4.78 is 11.0. The molecule has 0 aliphatic carbocycles. The SMILES string of the molecule is COc1ccc2c(c1)CC(CNC(=O)c1ccccc1Cl)O2. The van der Waals surface area contributed by atoms with Gasteiger partial charge in [0.25, 0.3) is 5.91 Å². The molecule has 1 N–H and O–H groups in total. The molecule has 4 nitrogen and oxygen atoms in total. The number of methoxy groups -OCH3 is 1. The molecule has 0 saturated heterocycles. The molecule has 1 atom stereocenters. The van der Waals surface area contributed by atoms with Crippen LogP contribution in [0.2, 0.25) is 5.02 Å². The fraction of sp³-hybridized carbons (Fsp3) is 0.235. The van der Waals surface area contributed by atoms with Crippen LogP contribution < -0.4 is 14.8 Å². The fourth-order valence-electron chi connectivity index (χ4n) is 2.48. The zero-order valence-corrected chi connectivity index (χ0v) is 12.9. The third kappa shape index (κ3) is 3.02. The first kappa shape index (κ1) is 14.7. The molecule has 2 aromatic rings. The normalized spacial score (nSPS) is 15.8. The van der Waals surface area contributed by atoms with E-state index in [-0.39, 0.29) is 12.0 Å². The largest absolute Gasteiger partial charge is 0.497 e. The summed E-state index contributed by atoms with van der Waals surface area (Å²) in [6.45, 7) is 0.432. The maximum absolute atomic E-state index is 12.1. The van der Waals surface area contributed by atoms with Gasteiger partial charge in [-0.1, -0.05) is 23.7 Å². The van der Waals surface area contributed by atoms with Gasteiger partial charge in [0.05, 0.1) is 24.2 Å². The highest BCUT2D eigenvalue weighted by molar-refractivity contribution is 6.33. The number of nitrogens with one attached hydrogen (secondary N) is 1. The van der Waals surface area contributed by atoms with Gasteiger partial charge < -0.3 is 14.8 Å². The highest BCUT2D eigenvalue weighted by Crippen LogP contribution is 2.31. The Hall–Kier alpha value is -2.20. The molecule has 5 heteroatoms. The molecular weight excluding hydrogens is 302 g/mol. The van der Waals surface area contributed by atoms with E-state index in [0.717, 1.165) is 23.5 Å². The Morgan fingerprint density at radius 2 is 2.18 bits per heavy atom. The Kier molecular flexibility index (Phi) is 4.20. The lowest BCUT2D eigenvalue weighted by atomic mass is 10.1. The predicted octanol–water partition coefficient (Wildman–Crippen LogP) is 3.08. The first-order chi connectivity index (χ1) is 10.7. The van der Waals surface area contributed by atoms with Gasteiger partial charge in [-0.2, -0.15) is 0 Å². The number of carbonyl (C=O) groups excluding carboxylic acids is 1. The van der Waals surface area contributed by atoms with Crippen molar-refractivity contribution in [1.29, 1.82) is 0 Å². The lowest BCUT2D eigenvalue weighted by molar-refractivity contribution is 0.0933. The minimum absolute atomic E-state index is 0.0754. The van der Waals surface area contributed by atoms with Gasteiger partial charge in [-0.05, 0) is 30.3 Å². The summed E-state index contributed by atoms with van der Waals surface area (Å²) in [6.07, 6.45) is 0.670. The summed E-state index contributed by atoms with van der Waals surface area (Å²) in [5.41, 5.74) is 1.57. The molecule has 3 rings (SSSR count). The van der Waals surface area contributed by atoms with Crippen LogP contribution in [0.3, 0.4) is 0 Å². The monoisotopic (exact) mass is 317 g/mol. The Bertz CT molecular complexity index is 702. The zero-order chi connectivity index (χ0) is 15.5. The van der Waals surface area contributed by atoms with E-state index in [2.05, 4.69) is 5.32 Å². The molecule has 2 aromatic carbocycles. The van der Waals surface area contributed by atoms with Gasteiger partial charge in [0.2, 0.25) is 0 Å². The number of hydrogen-bond donors (Lipinski definition) is 1. The predicted molar refractivity (Wildman–Crippen MR) is 84.9 cm³/mol. The van der Waals surface area contributed by atoms with Crippen LogP contribution >= 0.6 is 11.6 Å². The maximum Gasteiger partial charge on any atom is 0.252 e. The molecule has 0 aromatic heterocycles. The van der Waals surface area contributed by atoms with Crippen LogP contribution in [-0.4, -0.2) is 25.7 Å². The van der Waals surface area contributed by atoms with Crippen LogP contribution in [0.4, 0.5) is 0 Å². The average molecular weight is 318 g/mol. The summed E-state index contributed by atoms with van der Waals surface area (Å²) in [6, 6.07) is 12.7. The van der Waals surface area contributed by atoms with E-state index in [9.17, 15) is 4.79 Å². The molecule has 1 unspecified atom stereocenters. The van der Waals surface area contributed by atoms with Crippen molar-refractivity contribution in [3.8, 4) is 11.5 Å². The summed E-state index contributed by atoms with van der Waals surface area (Å²) in [7, 11) is 1.64. The minimum Gasteiger partial charge on any atom is -0.497 e. The number of carbonyl (C=O) groups is 1.